The van der Waals surface area contributed by atoms with Crippen LogP contribution in [0.2, 0.25) is 0 Å². The summed E-state index contributed by atoms with van der Waals surface area (Å²) in [5.41, 5.74) is 8.30. The molecule has 14 heteroatoms. The van der Waals surface area contributed by atoms with Crippen LogP contribution < -0.4 is 20.7 Å². The van der Waals surface area contributed by atoms with Crippen LogP contribution >= 0.6 is 11.3 Å². The smallest absolute Gasteiger partial charge is 0.243 e. The molecule has 11 nitrogen and oxygen atoms in total. The topological polar surface area (TPSA) is 128 Å². The maximum Gasteiger partial charge on any atom is 0.243 e. The largest absolute Gasteiger partial charge is 0.473 e. The molecule has 4 aliphatic rings. The number of hydrogen-bond acceptors (Lipinski definition) is 11. The molecule has 0 bridgehead atoms. The number of thiazole rings is 1. The lowest BCUT2D eigenvalue weighted by molar-refractivity contribution is -0.117. The monoisotopic (exact) mass is 677 g/mol. The first-order valence-electron chi connectivity index (χ1n) is 16.4. The van der Waals surface area contributed by atoms with Crippen LogP contribution in [0.3, 0.4) is 0 Å². The lowest BCUT2D eigenvalue weighted by Gasteiger charge is -2.38. The molecule has 252 valence electrons. The van der Waals surface area contributed by atoms with Gasteiger partial charge in [0.2, 0.25) is 11.8 Å². The maximum absolute atomic E-state index is 16.9. The second-order valence-electron chi connectivity index (χ2n) is 13.1. The number of nitrogen functional groups attached to an aromatic ring is 1. The minimum atomic E-state index is -0.654. The summed E-state index contributed by atoms with van der Waals surface area (Å²) in [6.07, 6.45) is 6.45. The zero-order valence-corrected chi connectivity index (χ0v) is 27.3. The fourth-order valence-corrected chi connectivity index (χ4v) is 8.22. The number of anilines is 2. The normalized spacial score (nSPS) is 22.6. The van der Waals surface area contributed by atoms with Crippen molar-refractivity contribution in [3.63, 3.8) is 0 Å². The Morgan fingerprint density at radius 3 is 2.75 bits per heavy atom. The van der Waals surface area contributed by atoms with Gasteiger partial charge in [-0.25, -0.2) is 18.7 Å². The van der Waals surface area contributed by atoms with E-state index in [1.54, 1.807) is 6.20 Å². The van der Waals surface area contributed by atoms with E-state index in [1.807, 2.05) is 0 Å². The highest BCUT2D eigenvalue weighted by Crippen LogP contribution is 2.54. The van der Waals surface area contributed by atoms with Crippen LogP contribution in [0.4, 0.5) is 19.6 Å². The van der Waals surface area contributed by atoms with Gasteiger partial charge in [-0.05, 0) is 43.9 Å². The summed E-state index contributed by atoms with van der Waals surface area (Å²) in [6.45, 7) is 9.47. The molecule has 0 radical (unpaired) electrons. The van der Waals surface area contributed by atoms with E-state index in [-0.39, 0.29) is 50.0 Å². The van der Waals surface area contributed by atoms with Gasteiger partial charge in [0.25, 0.3) is 0 Å². The first-order chi connectivity index (χ1) is 23.3. The van der Waals surface area contributed by atoms with E-state index < -0.39 is 11.6 Å². The molecule has 4 aromatic rings. The molecule has 2 saturated heterocycles. The number of morpholine rings is 1. The summed E-state index contributed by atoms with van der Waals surface area (Å²) >= 11 is 1.01. The van der Waals surface area contributed by atoms with Crippen molar-refractivity contribution in [3.05, 3.63) is 48.2 Å². The molecule has 3 aromatic heterocycles. The molecule has 3 aliphatic heterocycles. The van der Waals surface area contributed by atoms with Crippen molar-refractivity contribution in [1.82, 2.24) is 25.2 Å². The predicted octanol–water partition coefficient (Wildman–Crippen LogP) is 4.08. The minimum absolute atomic E-state index is 0.00450. The van der Waals surface area contributed by atoms with Crippen LogP contribution in [0.5, 0.6) is 5.88 Å². The third-order valence-corrected chi connectivity index (χ3v) is 10.9. The molecule has 6 heterocycles. The number of pyridine rings is 2. The zero-order chi connectivity index (χ0) is 33.0. The van der Waals surface area contributed by atoms with Crippen molar-refractivity contribution in [2.45, 2.75) is 37.8 Å². The van der Waals surface area contributed by atoms with E-state index in [0.717, 1.165) is 74.7 Å². The Balaban J connectivity index is 1.23. The summed E-state index contributed by atoms with van der Waals surface area (Å²) in [7, 11) is 0. The fraction of sp³-hybridized carbons (Fsp3) is 0.471. The number of ether oxygens (including phenoxy) is 3. The highest BCUT2D eigenvalue weighted by molar-refractivity contribution is 7.22. The summed E-state index contributed by atoms with van der Waals surface area (Å²) in [4.78, 5) is 30.6. The van der Waals surface area contributed by atoms with Gasteiger partial charge in [0.15, 0.2) is 10.9 Å². The lowest BCUT2D eigenvalue weighted by Crippen LogP contribution is -2.46. The van der Waals surface area contributed by atoms with Gasteiger partial charge in [0, 0.05) is 60.8 Å². The van der Waals surface area contributed by atoms with Gasteiger partial charge in [-0.1, -0.05) is 17.9 Å². The number of carbonyl (C=O) groups excluding carboxylic acids is 1. The average Bonchev–Trinajstić information content (AvgIpc) is 3.82. The number of benzene rings is 1. The number of halogens is 2. The third kappa shape index (κ3) is 5.63. The second-order valence-corrected chi connectivity index (χ2v) is 14.1. The number of amides is 1. The van der Waals surface area contributed by atoms with Crippen LogP contribution in [0.1, 0.15) is 24.8 Å². The number of fused-ring (bicyclic) bond motifs is 3. The first-order valence-corrected chi connectivity index (χ1v) is 17.2. The highest BCUT2D eigenvalue weighted by atomic mass is 32.1. The summed E-state index contributed by atoms with van der Waals surface area (Å²) in [5, 5.41) is 3.66. The Morgan fingerprint density at radius 1 is 1.15 bits per heavy atom. The Labute approximate surface area is 280 Å². The van der Waals surface area contributed by atoms with Crippen molar-refractivity contribution in [2.24, 2.45) is 5.41 Å². The van der Waals surface area contributed by atoms with Gasteiger partial charge in [-0.2, -0.15) is 0 Å². The number of rotatable bonds is 7. The third-order valence-electron chi connectivity index (χ3n) is 10.0. The molecule has 1 aromatic carbocycles. The molecular weight excluding hydrogens is 640 g/mol. The van der Waals surface area contributed by atoms with E-state index in [4.69, 9.17) is 24.9 Å². The van der Waals surface area contributed by atoms with Crippen molar-refractivity contribution in [3.8, 4) is 17.1 Å². The van der Waals surface area contributed by atoms with E-state index in [9.17, 15) is 9.18 Å². The van der Waals surface area contributed by atoms with E-state index in [2.05, 4.69) is 31.7 Å². The number of aromatic nitrogens is 3. The van der Waals surface area contributed by atoms with Gasteiger partial charge in [0.1, 0.15) is 23.1 Å². The second kappa shape index (κ2) is 12.5. The van der Waals surface area contributed by atoms with Crippen molar-refractivity contribution in [1.29, 1.82) is 0 Å². The van der Waals surface area contributed by atoms with Crippen molar-refractivity contribution in [2.75, 3.05) is 69.8 Å². The summed E-state index contributed by atoms with van der Waals surface area (Å²) in [5.74, 6) is -1.01. The number of nitrogens with one attached hydrogen (secondary N) is 1. The molecule has 3 fully saturated rings. The van der Waals surface area contributed by atoms with Crippen molar-refractivity contribution >= 4 is 49.2 Å². The zero-order valence-electron chi connectivity index (χ0n) is 26.5. The van der Waals surface area contributed by atoms with Crippen molar-refractivity contribution < 1.29 is 27.8 Å². The predicted molar refractivity (Wildman–Crippen MR) is 179 cm³/mol. The summed E-state index contributed by atoms with van der Waals surface area (Å²) < 4.78 is 50.0. The average molecular weight is 678 g/mol. The van der Waals surface area contributed by atoms with Crippen LogP contribution in [-0.2, 0) is 20.7 Å². The Bertz CT molecular complexity index is 1910. The van der Waals surface area contributed by atoms with Gasteiger partial charge < -0.3 is 30.2 Å². The van der Waals surface area contributed by atoms with Crippen LogP contribution in [0, 0.1) is 17.0 Å². The van der Waals surface area contributed by atoms with Crippen LogP contribution in [-0.4, -0.2) is 97.1 Å². The molecular formula is C34H37F2N7O4S. The highest BCUT2D eigenvalue weighted by Gasteiger charge is 2.53. The number of hydrogen-bond donors (Lipinski definition) is 2. The molecule has 48 heavy (non-hydrogen) atoms. The summed E-state index contributed by atoms with van der Waals surface area (Å²) in [6, 6.07) is 2.43. The fourth-order valence-electron chi connectivity index (χ4n) is 7.46. The van der Waals surface area contributed by atoms with E-state index in [1.165, 1.54) is 18.2 Å². The number of carbonyl (C=O) groups is 1. The van der Waals surface area contributed by atoms with E-state index in [0.29, 0.717) is 49.6 Å². The van der Waals surface area contributed by atoms with Gasteiger partial charge in [0.05, 0.1) is 48.4 Å². The van der Waals surface area contributed by atoms with E-state index >= 15 is 4.39 Å². The van der Waals surface area contributed by atoms with Crippen LogP contribution in [0.25, 0.3) is 32.4 Å². The SMILES string of the molecule is C=CC(=O)N[C@H]1COCCN(c2c3c(nc4c(F)c(-c5ccc(F)c6sc(N)nc56)ncc24)O[C@H](C2(CN4CCOCC4)CC2)CC3)C1. The molecule has 0 spiro atoms. The number of nitrogens with two attached hydrogens (primary N) is 1. The standard InChI is InChI=1S/C34H37F2N7O4S/c1-2-25(44)39-19-16-43(11-14-46-17-19)30-21-4-6-24(34(7-8-34)18-42-9-12-45-13-10-42)47-32(21)40-28-22(30)15-38-27(26(28)36)20-3-5-23(35)31-29(20)41-33(37)48-31/h2-3,5,15,19,24H,1,4,6-14,16-18H2,(H2,37,41)(H,39,44)/t19-,24+/m1/s1. The lowest BCUT2D eigenvalue weighted by atomic mass is 9.89. The molecule has 0 unspecified atom stereocenters. The molecule has 1 aliphatic carbocycles. The van der Waals surface area contributed by atoms with Gasteiger partial charge in [-0.3, -0.25) is 14.7 Å². The van der Waals surface area contributed by atoms with Crippen LogP contribution in [0.15, 0.2) is 31.0 Å². The molecule has 1 saturated carbocycles. The molecule has 3 N–H and O–H groups in total. The molecule has 8 rings (SSSR count). The first kappa shape index (κ1) is 31.3. The quantitative estimate of drug-likeness (QED) is 0.276. The van der Waals surface area contributed by atoms with Gasteiger partial charge >= 0.3 is 0 Å². The number of nitrogens with zero attached hydrogens (tertiary/aromatic N) is 5. The Hall–Kier alpha value is -3.98. The molecule has 1 amide bonds. The Morgan fingerprint density at radius 2 is 1.96 bits per heavy atom. The Kier molecular flexibility index (Phi) is 8.14. The maximum atomic E-state index is 16.9. The van der Waals surface area contributed by atoms with Gasteiger partial charge in [-0.15, -0.1) is 0 Å². The minimum Gasteiger partial charge on any atom is -0.473 e. The molecule has 2 atom stereocenters.